The van der Waals surface area contributed by atoms with Gasteiger partial charge in [-0.25, -0.2) is 0 Å². The maximum Gasteiger partial charge on any atom is 0.203 e. The highest BCUT2D eigenvalue weighted by Crippen LogP contribution is 2.42. The highest BCUT2D eigenvalue weighted by atomic mass is 28.4. The van der Waals surface area contributed by atoms with Gasteiger partial charge in [0.1, 0.15) is 6.29 Å². The van der Waals surface area contributed by atoms with E-state index in [0.717, 1.165) is 0 Å². The van der Waals surface area contributed by atoms with E-state index in [1.54, 1.807) is 6.92 Å². The monoisotopic (exact) mass is 218 g/mol. The Balaban J connectivity index is 4.95. The van der Waals surface area contributed by atoms with Crippen LogP contribution in [-0.2, 0) is 4.43 Å². The zero-order valence-corrected chi connectivity index (χ0v) is 11.7. The minimum Gasteiger partial charge on any atom is -0.392 e. The summed E-state index contributed by atoms with van der Waals surface area (Å²) in [4.78, 5) is 0. The second kappa shape index (κ2) is 5.28. The van der Waals surface area contributed by atoms with Gasteiger partial charge in [-0.05, 0) is 23.5 Å². The molecule has 1 unspecified atom stereocenters. The second-order valence-corrected chi connectivity index (χ2v) is 10.4. The molecule has 0 aromatic heterocycles. The number of hydrogen-bond acceptors (Lipinski definition) is 2. The minimum absolute atomic E-state index is 0.539. The van der Waals surface area contributed by atoms with Crippen LogP contribution < -0.4 is 0 Å². The van der Waals surface area contributed by atoms with Gasteiger partial charge in [0, 0.05) is 0 Å². The van der Waals surface area contributed by atoms with Gasteiger partial charge in [0.15, 0.2) is 0 Å². The summed E-state index contributed by atoms with van der Waals surface area (Å²) in [6.07, 6.45) is -0.631. The lowest BCUT2D eigenvalue weighted by Gasteiger charge is -2.42. The predicted molar refractivity (Wildman–Crippen MR) is 63.8 cm³/mol. The molecule has 0 heterocycles. The average molecular weight is 218 g/mol. The molecule has 0 aromatic rings. The van der Waals surface area contributed by atoms with Crippen molar-refractivity contribution in [2.24, 2.45) is 0 Å². The van der Waals surface area contributed by atoms with Crippen LogP contribution in [0, 0.1) is 0 Å². The van der Waals surface area contributed by atoms with Crippen molar-refractivity contribution in [3.63, 3.8) is 0 Å². The van der Waals surface area contributed by atoms with E-state index in [-0.39, 0.29) is 0 Å². The summed E-state index contributed by atoms with van der Waals surface area (Å²) < 4.78 is 5.92. The second-order valence-electron chi connectivity index (χ2n) is 5.03. The van der Waals surface area contributed by atoms with Crippen molar-refractivity contribution in [2.45, 2.75) is 71.4 Å². The average Bonchev–Trinajstić information content (AvgIpc) is 1.97. The molecule has 0 radical (unpaired) electrons. The normalized spacial score (nSPS) is 15.6. The van der Waals surface area contributed by atoms with E-state index < -0.39 is 14.6 Å². The lowest BCUT2D eigenvalue weighted by molar-refractivity contribution is -0.0147. The summed E-state index contributed by atoms with van der Waals surface area (Å²) in [6.45, 7) is 15.0. The van der Waals surface area contributed by atoms with E-state index in [2.05, 4.69) is 41.5 Å². The molecule has 3 heteroatoms. The van der Waals surface area contributed by atoms with Crippen LogP contribution in [0.3, 0.4) is 0 Å². The fourth-order valence-corrected chi connectivity index (χ4v) is 8.11. The van der Waals surface area contributed by atoms with E-state index >= 15 is 0 Å². The number of rotatable bonds is 5. The first-order chi connectivity index (χ1) is 6.25. The van der Waals surface area contributed by atoms with Gasteiger partial charge in [0.25, 0.3) is 0 Å². The lowest BCUT2D eigenvalue weighted by atomic mass is 10.5. The topological polar surface area (TPSA) is 29.5 Å². The molecule has 0 spiro atoms. The smallest absolute Gasteiger partial charge is 0.203 e. The van der Waals surface area contributed by atoms with Gasteiger partial charge >= 0.3 is 0 Å². The van der Waals surface area contributed by atoms with Crippen molar-refractivity contribution >= 4 is 8.32 Å². The van der Waals surface area contributed by atoms with Crippen LogP contribution in [0.1, 0.15) is 48.5 Å². The van der Waals surface area contributed by atoms with Crippen LogP contribution in [0.2, 0.25) is 16.6 Å². The molecule has 0 aromatic carbocycles. The fraction of sp³-hybridized carbons (Fsp3) is 1.00. The third-order valence-corrected chi connectivity index (χ3v) is 9.25. The van der Waals surface area contributed by atoms with Crippen molar-refractivity contribution in [3.8, 4) is 0 Å². The third kappa shape index (κ3) is 2.81. The standard InChI is InChI=1S/C11H26O2Si/c1-8(2)14(9(3)4,10(5)6)13-11(7)12/h8-12H,1-7H3. The van der Waals surface area contributed by atoms with Crippen LogP contribution in [0.15, 0.2) is 0 Å². The zero-order valence-electron chi connectivity index (χ0n) is 10.7. The van der Waals surface area contributed by atoms with Gasteiger partial charge < -0.3 is 9.53 Å². The molecule has 0 saturated heterocycles. The highest BCUT2D eigenvalue weighted by Gasteiger charge is 2.45. The highest BCUT2D eigenvalue weighted by molar-refractivity contribution is 6.77. The van der Waals surface area contributed by atoms with E-state index in [0.29, 0.717) is 16.6 Å². The Labute approximate surface area is 89.8 Å². The molecule has 86 valence electrons. The number of aliphatic hydroxyl groups excluding tert-OH is 1. The van der Waals surface area contributed by atoms with Gasteiger partial charge in [-0.3, -0.25) is 0 Å². The molecular formula is C11H26O2Si. The first-order valence-electron chi connectivity index (χ1n) is 5.61. The van der Waals surface area contributed by atoms with Crippen molar-refractivity contribution < 1.29 is 9.53 Å². The molecule has 0 rings (SSSR count). The molecule has 0 saturated carbocycles. The third-order valence-electron chi connectivity index (χ3n) is 3.08. The van der Waals surface area contributed by atoms with Gasteiger partial charge in [-0.1, -0.05) is 41.5 Å². The SMILES string of the molecule is CC(O)O[Si](C(C)C)(C(C)C)C(C)C. The molecule has 0 aliphatic carbocycles. The van der Waals surface area contributed by atoms with E-state index in [4.69, 9.17) is 4.43 Å². The van der Waals surface area contributed by atoms with Crippen molar-refractivity contribution in [3.05, 3.63) is 0 Å². The van der Waals surface area contributed by atoms with Gasteiger partial charge in [-0.2, -0.15) is 0 Å². The van der Waals surface area contributed by atoms with Crippen LogP contribution in [0.25, 0.3) is 0 Å². The number of hydrogen-bond donors (Lipinski definition) is 1. The molecule has 2 nitrogen and oxygen atoms in total. The van der Waals surface area contributed by atoms with E-state index in [9.17, 15) is 5.11 Å². The van der Waals surface area contributed by atoms with E-state index in [1.165, 1.54) is 0 Å². The van der Waals surface area contributed by atoms with Gasteiger partial charge in [0.2, 0.25) is 8.32 Å². The summed E-state index contributed by atoms with van der Waals surface area (Å²) >= 11 is 0. The van der Waals surface area contributed by atoms with Crippen molar-refractivity contribution in [2.75, 3.05) is 0 Å². The molecular weight excluding hydrogens is 192 g/mol. The molecule has 14 heavy (non-hydrogen) atoms. The predicted octanol–water partition coefficient (Wildman–Crippen LogP) is 3.52. The summed E-state index contributed by atoms with van der Waals surface area (Å²) in [5.74, 6) is 0. The summed E-state index contributed by atoms with van der Waals surface area (Å²) in [5.41, 5.74) is 1.62. The first kappa shape index (κ1) is 14.1. The summed E-state index contributed by atoms with van der Waals surface area (Å²) in [7, 11) is -1.84. The Morgan fingerprint density at radius 3 is 1.14 bits per heavy atom. The van der Waals surface area contributed by atoms with Crippen LogP contribution in [-0.4, -0.2) is 19.7 Å². The lowest BCUT2D eigenvalue weighted by Crippen LogP contribution is -2.49. The quantitative estimate of drug-likeness (QED) is 0.565. The fourth-order valence-electron chi connectivity index (χ4n) is 2.70. The van der Waals surface area contributed by atoms with Crippen LogP contribution in [0.5, 0.6) is 0 Å². The van der Waals surface area contributed by atoms with Gasteiger partial charge in [0.05, 0.1) is 0 Å². The maximum absolute atomic E-state index is 9.45. The molecule has 0 bridgehead atoms. The van der Waals surface area contributed by atoms with Gasteiger partial charge in [-0.15, -0.1) is 0 Å². The van der Waals surface area contributed by atoms with Crippen LogP contribution in [0.4, 0.5) is 0 Å². The summed E-state index contributed by atoms with van der Waals surface area (Å²) in [5, 5.41) is 9.45. The van der Waals surface area contributed by atoms with Crippen LogP contribution >= 0.6 is 0 Å². The molecule has 1 atom stereocenters. The molecule has 0 aliphatic rings. The molecule has 0 aliphatic heterocycles. The summed E-state index contributed by atoms with van der Waals surface area (Å²) in [6, 6.07) is 0. The Morgan fingerprint density at radius 2 is 1.07 bits per heavy atom. The number of aliphatic hydroxyl groups is 1. The Hall–Kier alpha value is 0.137. The molecule has 0 fully saturated rings. The zero-order chi connectivity index (χ0) is 11.5. The first-order valence-corrected chi connectivity index (χ1v) is 7.75. The minimum atomic E-state index is -1.84. The van der Waals surface area contributed by atoms with Crippen molar-refractivity contribution in [1.29, 1.82) is 0 Å². The van der Waals surface area contributed by atoms with E-state index in [1.807, 2.05) is 0 Å². The Morgan fingerprint density at radius 1 is 0.786 bits per heavy atom. The molecule has 1 N–H and O–H groups in total. The Bertz CT molecular complexity index is 143. The maximum atomic E-state index is 9.45. The Kier molecular flexibility index (Phi) is 5.34. The molecule has 0 amide bonds. The van der Waals surface area contributed by atoms with Crippen molar-refractivity contribution in [1.82, 2.24) is 0 Å². The largest absolute Gasteiger partial charge is 0.392 e.